The van der Waals surface area contributed by atoms with Crippen molar-refractivity contribution in [1.82, 2.24) is 15.1 Å². The maximum absolute atomic E-state index is 12.2. The molecule has 0 bridgehead atoms. The fraction of sp³-hybridized carbons (Fsp3) is 0.812. The summed E-state index contributed by atoms with van der Waals surface area (Å²) < 4.78 is 0. The standard InChI is InChI=1S/C16H27N3O3/c1-2-6-15(21)19-12-5-7-13(19)16(22)17-9-8-14(20)18-10-3-4-11-18/h13H,2-12H2,1H3,(H,17,22). The second kappa shape index (κ2) is 8.15. The van der Waals surface area contributed by atoms with Crippen LogP contribution in [0.15, 0.2) is 0 Å². The van der Waals surface area contributed by atoms with Crippen molar-refractivity contribution in [3.05, 3.63) is 0 Å². The molecule has 0 spiro atoms. The Morgan fingerprint density at radius 2 is 1.73 bits per heavy atom. The van der Waals surface area contributed by atoms with E-state index in [4.69, 9.17) is 0 Å². The van der Waals surface area contributed by atoms with Crippen LogP contribution in [0.3, 0.4) is 0 Å². The Bertz CT molecular complexity index is 419. The summed E-state index contributed by atoms with van der Waals surface area (Å²) in [5.41, 5.74) is 0. The predicted octanol–water partition coefficient (Wildman–Crippen LogP) is 0.906. The highest BCUT2D eigenvalue weighted by Gasteiger charge is 2.33. The first-order chi connectivity index (χ1) is 10.6. The predicted molar refractivity (Wildman–Crippen MR) is 83.1 cm³/mol. The molecule has 2 aliphatic rings. The smallest absolute Gasteiger partial charge is 0.242 e. The molecule has 2 heterocycles. The number of carbonyl (C=O) groups is 3. The number of hydrogen-bond donors (Lipinski definition) is 1. The van der Waals surface area contributed by atoms with Crippen LogP contribution in [-0.4, -0.2) is 59.7 Å². The first kappa shape index (κ1) is 16.8. The maximum atomic E-state index is 12.2. The Balaban J connectivity index is 1.74. The SMILES string of the molecule is CCCC(=O)N1CCCC1C(=O)NCCC(=O)N1CCCC1. The number of amides is 3. The lowest BCUT2D eigenvalue weighted by atomic mass is 10.2. The van der Waals surface area contributed by atoms with Gasteiger partial charge >= 0.3 is 0 Å². The molecule has 2 rings (SSSR count). The van der Waals surface area contributed by atoms with Crippen LogP contribution in [0.5, 0.6) is 0 Å². The lowest BCUT2D eigenvalue weighted by Crippen LogP contribution is -2.46. The van der Waals surface area contributed by atoms with E-state index in [1.54, 1.807) is 4.90 Å². The second-order valence-corrected chi connectivity index (χ2v) is 6.12. The minimum absolute atomic E-state index is 0.0632. The van der Waals surface area contributed by atoms with Crippen molar-refractivity contribution >= 4 is 17.7 Å². The summed E-state index contributed by atoms with van der Waals surface area (Å²) in [4.78, 5) is 39.7. The Morgan fingerprint density at radius 3 is 2.41 bits per heavy atom. The molecule has 1 atom stereocenters. The van der Waals surface area contributed by atoms with Crippen LogP contribution in [0.25, 0.3) is 0 Å². The Hall–Kier alpha value is -1.59. The fourth-order valence-corrected chi connectivity index (χ4v) is 3.23. The molecule has 2 saturated heterocycles. The number of likely N-dealkylation sites (tertiary alicyclic amines) is 2. The van der Waals surface area contributed by atoms with Gasteiger partial charge in [0.15, 0.2) is 0 Å². The van der Waals surface area contributed by atoms with E-state index in [1.807, 2.05) is 11.8 Å². The van der Waals surface area contributed by atoms with Crippen LogP contribution < -0.4 is 5.32 Å². The van der Waals surface area contributed by atoms with Gasteiger partial charge in [-0.1, -0.05) is 6.92 Å². The van der Waals surface area contributed by atoms with E-state index in [9.17, 15) is 14.4 Å². The van der Waals surface area contributed by atoms with Crippen LogP contribution in [0, 0.1) is 0 Å². The normalized spacial score (nSPS) is 21.2. The van der Waals surface area contributed by atoms with Crippen LogP contribution >= 0.6 is 0 Å². The van der Waals surface area contributed by atoms with Gasteiger partial charge in [0.25, 0.3) is 0 Å². The topological polar surface area (TPSA) is 69.7 Å². The van der Waals surface area contributed by atoms with Gasteiger partial charge in [-0.15, -0.1) is 0 Å². The van der Waals surface area contributed by atoms with E-state index in [2.05, 4.69) is 5.32 Å². The lowest BCUT2D eigenvalue weighted by Gasteiger charge is -2.24. The van der Waals surface area contributed by atoms with Crippen molar-refractivity contribution in [2.45, 2.75) is 57.9 Å². The molecule has 1 unspecified atom stereocenters. The van der Waals surface area contributed by atoms with E-state index in [0.717, 1.165) is 45.2 Å². The van der Waals surface area contributed by atoms with E-state index in [1.165, 1.54) is 0 Å². The van der Waals surface area contributed by atoms with Crippen molar-refractivity contribution in [3.8, 4) is 0 Å². The number of rotatable bonds is 6. The van der Waals surface area contributed by atoms with Gasteiger partial charge in [-0.2, -0.15) is 0 Å². The molecule has 0 saturated carbocycles. The highest BCUT2D eigenvalue weighted by atomic mass is 16.2. The van der Waals surface area contributed by atoms with Crippen LogP contribution in [0.1, 0.15) is 51.9 Å². The fourth-order valence-electron chi connectivity index (χ4n) is 3.23. The molecule has 124 valence electrons. The van der Waals surface area contributed by atoms with Gasteiger partial charge in [-0.3, -0.25) is 14.4 Å². The van der Waals surface area contributed by atoms with Crippen molar-refractivity contribution in [2.24, 2.45) is 0 Å². The molecule has 0 aromatic heterocycles. The summed E-state index contributed by atoms with van der Waals surface area (Å²) in [6.45, 7) is 4.68. The summed E-state index contributed by atoms with van der Waals surface area (Å²) in [5, 5.41) is 2.83. The lowest BCUT2D eigenvalue weighted by molar-refractivity contribution is -0.138. The maximum Gasteiger partial charge on any atom is 0.242 e. The number of carbonyl (C=O) groups excluding carboxylic acids is 3. The van der Waals surface area contributed by atoms with Crippen LogP contribution in [0.2, 0.25) is 0 Å². The molecule has 1 N–H and O–H groups in total. The van der Waals surface area contributed by atoms with Crippen LogP contribution in [-0.2, 0) is 14.4 Å². The molecule has 22 heavy (non-hydrogen) atoms. The van der Waals surface area contributed by atoms with Crippen molar-refractivity contribution in [3.63, 3.8) is 0 Å². The zero-order valence-corrected chi connectivity index (χ0v) is 13.5. The third kappa shape index (κ3) is 4.21. The molecule has 0 aromatic carbocycles. The minimum atomic E-state index is -0.346. The average molecular weight is 309 g/mol. The second-order valence-electron chi connectivity index (χ2n) is 6.12. The molecular formula is C16H27N3O3. The first-order valence-corrected chi connectivity index (χ1v) is 8.48. The van der Waals surface area contributed by atoms with Crippen molar-refractivity contribution in [2.75, 3.05) is 26.2 Å². The molecule has 6 heteroatoms. The first-order valence-electron chi connectivity index (χ1n) is 8.48. The summed E-state index contributed by atoms with van der Waals surface area (Å²) in [7, 11) is 0. The zero-order chi connectivity index (χ0) is 15.9. The number of nitrogens with one attached hydrogen (secondary N) is 1. The Kier molecular flexibility index (Phi) is 6.21. The zero-order valence-electron chi connectivity index (χ0n) is 13.5. The van der Waals surface area contributed by atoms with Crippen LogP contribution in [0.4, 0.5) is 0 Å². The highest BCUT2D eigenvalue weighted by molar-refractivity contribution is 5.88. The molecule has 3 amide bonds. The summed E-state index contributed by atoms with van der Waals surface area (Å²) >= 11 is 0. The van der Waals surface area contributed by atoms with Gasteiger partial charge in [-0.05, 0) is 32.1 Å². The van der Waals surface area contributed by atoms with Gasteiger partial charge in [0.05, 0.1) is 0 Å². The van der Waals surface area contributed by atoms with Crippen molar-refractivity contribution < 1.29 is 14.4 Å². The quantitative estimate of drug-likeness (QED) is 0.793. The number of hydrogen-bond acceptors (Lipinski definition) is 3. The molecule has 6 nitrogen and oxygen atoms in total. The van der Waals surface area contributed by atoms with Gasteiger partial charge in [0.2, 0.25) is 17.7 Å². The van der Waals surface area contributed by atoms with E-state index >= 15 is 0 Å². The molecule has 0 aromatic rings. The number of nitrogens with zero attached hydrogens (tertiary/aromatic N) is 2. The van der Waals surface area contributed by atoms with E-state index < -0.39 is 0 Å². The van der Waals surface area contributed by atoms with Gasteiger partial charge in [0, 0.05) is 39.0 Å². The van der Waals surface area contributed by atoms with Gasteiger partial charge < -0.3 is 15.1 Å². The molecule has 2 aliphatic heterocycles. The van der Waals surface area contributed by atoms with E-state index in [0.29, 0.717) is 25.9 Å². The third-order valence-corrected chi connectivity index (χ3v) is 4.44. The summed E-state index contributed by atoms with van der Waals surface area (Å²) in [6, 6.07) is -0.346. The van der Waals surface area contributed by atoms with E-state index in [-0.39, 0.29) is 23.8 Å². The molecule has 2 fully saturated rings. The molecule has 0 radical (unpaired) electrons. The minimum Gasteiger partial charge on any atom is -0.354 e. The highest BCUT2D eigenvalue weighted by Crippen LogP contribution is 2.19. The Labute approximate surface area is 132 Å². The Morgan fingerprint density at radius 1 is 1.00 bits per heavy atom. The monoisotopic (exact) mass is 309 g/mol. The molecular weight excluding hydrogens is 282 g/mol. The van der Waals surface area contributed by atoms with Crippen molar-refractivity contribution in [1.29, 1.82) is 0 Å². The average Bonchev–Trinajstić information content (AvgIpc) is 3.18. The molecule has 0 aliphatic carbocycles. The third-order valence-electron chi connectivity index (χ3n) is 4.44. The van der Waals surface area contributed by atoms with Gasteiger partial charge in [-0.25, -0.2) is 0 Å². The summed E-state index contributed by atoms with van der Waals surface area (Å²) in [6.07, 6.45) is 5.40. The summed E-state index contributed by atoms with van der Waals surface area (Å²) in [5.74, 6) is 0.0626. The largest absolute Gasteiger partial charge is 0.354 e. The van der Waals surface area contributed by atoms with Gasteiger partial charge in [0.1, 0.15) is 6.04 Å².